The van der Waals surface area contributed by atoms with Gasteiger partial charge < -0.3 is 30.5 Å². The molecule has 5 rings (SSSR count). The van der Waals surface area contributed by atoms with Crippen LogP contribution in [0.15, 0.2) is 97.1 Å². The Morgan fingerprint density at radius 1 is 0.976 bits per heavy atom. The fraction of sp³-hybridized carbons (Fsp3) is 0.182. The van der Waals surface area contributed by atoms with Gasteiger partial charge in [-0.1, -0.05) is 60.7 Å². The molecule has 0 saturated heterocycles. The Hall–Kier alpha value is -5.31. The van der Waals surface area contributed by atoms with Crippen LogP contribution in [0.1, 0.15) is 33.9 Å². The zero-order valence-electron chi connectivity index (χ0n) is 23.1. The van der Waals surface area contributed by atoms with Crippen molar-refractivity contribution in [3.8, 4) is 11.5 Å². The van der Waals surface area contributed by atoms with E-state index in [1.165, 1.54) is 12.0 Å². The number of nitrogens with one attached hydrogen (secondary N) is 2. The van der Waals surface area contributed by atoms with Crippen molar-refractivity contribution in [2.24, 2.45) is 5.73 Å². The van der Waals surface area contributed by atoms with Crippen molar-refractivity contribution in [2.75, 3.05) is 12.4 Å². The smallest absolute Gasteiger partial charge is 0.326 e. The van der Waals surface area contributed by atoms with E-state index in [9.17, 15) is 14.7 Å². The number of hydrogen-bond donors (Lipinski definition) is 4. The van der Waals surface area contributed by atoms with Gasteiger partial charge in [0.05, 0.1) is 7.11 Å². The standard InChI is InChI=1S/C33H32N4O5/c1-41-29-18-24(13-16-28(29)42-20-21-7-3-2-4-8-21)30(36-26-14-11-22(12-15-26)31(34)35)32(38)37-19-25-10-6-5-9-23(25)17-27(37)33(39)40/h2-16,18,27,30,36H,17,19-20H2,1H3,(H3,34,35)(H,39,40)/t27-,30?/m1/s1. The Balaban J connectivity index is 1.49. The molecule has 214 valence electrons. The van der Waals surface area contributed by atoms with E-state index in [4.69, 9.17) is 20.6 Å². The molecule has 4 aromatic carbocycles. The predicted octanol–water partition coefficient (Wildman–Crippen LogP) is 4.75. The van der Waals surface area contributed by atoms with Gasteiger partial charge in [-0.05, 0) is 58.7 Å². The van der Waals surface area contributed by atoms with E-state index >= 15 is 0 Å². The minimum atomic E-state index is -1.07. The Kier molecular flexibility index (Phi) is 8.38. The lowest BCUT2D eigenvalue weighted by Crippen LogP contribution is -2.51. The van der Waals surface area contributed by atoms with Gasteiger partial charge in [-0.25, -0.2) is 4.79 Å². The second-order valence-corrected chi connectivity index (χ2v) is 10.0. The first-order chi connectivity index (χ1) is 20.3. The molecule has 1 amide bonds. The van der Waals surface area contributed by atoms with Gasteiger partial charge in [0, 0.05) is 24.2 Å². The van der Waals surface area contributed by atoms with Crippen LogP contribution in [0.2, 0.25) is 0 Å². The van der Waals surface area contributed by atoms with E-state index in [-0.39, 0.29) is 18.8 Å². The average molecular weight is 565 g/mol. The number of aliphatic carboxylic acids is 1. The van der Waals surface area contributed by atoms with E-state index in [1.807, 2.05) is 54.6 Å². The van der Waals surface area contributed by atoms with Crippen molar-refractivity contribution in [3.05, 3.63) is 125 Å². The molecular weight excluding hydrogens is 532 g/mol. The number of ether oxygens (including phenoxy) is 2. The fourth-order valence-electron chi connectivity index (χ4n) is 5.06. The minimum Gasteiger partial charge on any atom is -0.493 e. The third-order valence-corrected chi connectivity index (χ3v) is 7.33. The molecule has 0 aromatic heterocycles. The number of amidine groups is 1. The summed E-state index contributed by atoms with van der Waals surface area (Å²) in [6.45, 7) is 0.510. The van der Waals surface area contributed by atoms with Crippen molar-refractivity contribution in [3.63, 3.8) is 0 Å². The predicted molar refractivity (Wildman–Crippen MR) is 160 cm³/mol. The van der Waals surface area contributed by atoms with Gasteiger partial charge >= 0.3 is 5.97 Å². The van der Waals surface area contributed by atoms with Gasteiger partial charge in [-0.3, -0.25) is 10.2 Å². The maximum atomic E-state index is 14.3. The number of nitrogen functional groups attached to an aromatic ring is 1. The third kappa shape index (κ3) is 6.20. The lowest BCUT2D eigenvalue weighted by molar-refractivity contribution is -0.151. The number of carbonyl (C=O) groups is 2. The lowest BCUT2D eigenvalue weighted by Gasteiger charge is -2.37. The highest BCUT2D eigenvalue weighted by molar-refractivity contribution is 5.95. The van der Waals surface area contributed by atoms with Crippen LogP contribution in [0.4, 0.5) is 5.69 Å². The molecule has 0 fully saturated rings. The first-order valence-electron chi connectivity index (χ1n) is 13.5. The number of rotatable bonds is 10. The largest absolute Gasteiger partial charge is 0.493 e. The summed E-state index contributed by atoms with van der Waals surface area (Å²) in [6.07, 6.45) is 0.215. The SMILES string of the molecule is COc1cc(C(Nc2ccc(C(=N)N)cc2)C(=O)N2Cc3ccccc3C[C@@H]2C(=O)O)ccc1OCc1ccccc1. The number of hydrogen-bond acceptors (Lipinski definition) is 6. The summed E-state index contributed by atoms with van der Waals surface area (Å²) in [5.41, 5.74) is 10.2. The molecule has 1 aliphatic heterocycles. The summed E-state index contributed by atoms with van der Waals surface area (Å²) in [4.78, 5) is 28.0. The lowest BCUT2D eigenvalue weighted by atomic mass is 9.92. The highest BCUT2D eigenvalue weighted by Crippen LogP contribution is 2.34. The molecule has 0 radical (unpaired) electrons. The van der Waals surface area contributed by atoms with E-state index in [1.54, 1.807) is 42.5 Å². The second kappa shape index (κ2) is 12.5. The normalized spacial score (nSPS) is 14.8. The molecule has 0 saturated carbocycles. The van der Waals surface area contributed by atoms with Crippen LogP contribution >= 0.6 is 0 Å². The van der Waals surface area contributed by atoms with Gasteiger partial charge in [0.2, 0.25) is 0 Å². The van der Waals surface area contributed by atoms with Crippen molar-refractivity contribution in [1.82, 2.24) is 4.90 Å². The molecule has 42 heavy (non-hydrogen) atoms. The van der Waals surface area contributed by atoms with Crippen molar-refractivity contribution < 1.29 is 24.2 Å². The molecule has 4 aromatic rings. The minimum absolute atomic E-state index is 0.0683. The molecule has 0 spiro atoms. The van der Waals surface area contributed by atoms with Gasteiger partial charge in [0.1, 0.15) is 24.5 Å². The van der Waals surface area contributed by atoms with Gasteiger partial charge in [0.15, 0.2) is 11.5 Å². The summed E-state index contributed by atoms with van der Waals surface area (Å²) < 4.78 is 11.7. The van der Waals surface area contributed by atoms with Crippen molar-refractivity contribution in [2.45, 2.75) is 31.7 Å². The molecule has 5 N–H and O–H groups in total. The number of carbonyl (C=O) groups excluding carboxylic acids is 1. The Morgan fingerprint density at radius 3 is 2.33 bits per heavy atom. The molecular formula is C33H32N4O5. The monoisotopic (exact) mass is 564 g/mol. The maximum absolute atomic E-state index is 14.3. The Labute approximate surface area is 244 Å². The second-order valence-electron chi connectivity index (χ2n) is 10.0. The van der Waals surface area contributed by atoms with Gasteiger partial charge in [-0.15, -0.1) is 0 Å². The quantitative estimate of drug-likeness (QED) is 0.161. The summed E-state index contributed by atoms with van der Waals surface area (Å²) >= 11 is 0. The number of nitrogens with zero attached hydrogens (tertiary/aromatic N) is 1. The van der Waals surface area contributed by atoms with E-state index < -0.39 is 24.0 Å². The first kappa shape index (κ1) is 28.2. The van der Waals surface area contributed by atoms with Crippen LogP contribution in [0, 0.1) is 5.41 Å². The van der Waals surface area contributed by atoms with Crippen molar-refractivity contribution >= 4 is 23.4 Å². The number of nitrogens with two attached hydrogens (primary N) is 1. The number of anilines is 1. The highest BCUT2D eigenvalue weighted by atomic mass is 16.5. The molecule has 9 heteroatoms. The number of methoxy groups -OCH3 is 1. The molecule has 1 unspecified atom stereocenters. The topological polar surface area (TPSA) is 138 Å². The van der Waals surface area contributed by atoms with Crippen LogP contribution in [0.25, 0.3) is 0 Å². The molecule has 0 aliphatic carbocycles. The van der Waals surface area contributed by atoms with Gasteiger partial charge in [-0.2, -0.15) is 0 Å². The van der Waals surface area contributed by atoms with E-state index in [0.717, 1.165) is 16.7 Å². The maximum Gasteiger partial charge on any atom is 0.326 e. The number of fused-ring (bicyclic) bond motifs is 1. The Morgan fingerprint density at radius 2 is 1.67 bits per heavy atom. The molecule has 1 heterocycles. The number of carboxylic acids is 1. The van der Waals surface area contributed by atoms with Crippen LogP contribution in [0.3, 0.4) is 0 Å². The molecule has 2 atom stereocenters. The van der Waals surface area contributed by atoms with Crippen LogP contribution in [-0.2, 0) is 29.2 Å². The summed E-state index contributed by atoms with van der Waals surface area (Å²) in [5.74, 6) is -0.579. The van der Waals surface area contributed by atoms with Crippen molar-refractivity contribution in [1.29, 1.82) is 5.41 Å². The average Bonchev–Trinajstić information content (AvgIpc) is 3.02. The molecule has 9 nitrogen and oxygen atoms in total. The van der Waals surface area contributed by atoms with Crippen LogP contribution in [0.5, 0.6) is 11.5 Å². The summed E-state index contributed by atoms with van der Waals surface area (Å²) in [7, 11) is 1.53. The number of carboxylic acid groups (broad SMARTS) is 1. The molecule has 0 bridgehead atoms. The highest BCUT2D eigenvalue weighted by Gasteiger charge is 2.38. The summed E-state index contributed by atoms with van der Waals surface area (Å²) in [6, 6.07) is 27.4. The molecule has 1 aliphatic rings. The number of benzene rings is 4. The third-order valence-electron chi connectivity index (χ3n) is 7.33. The van der Waals surface area contributed by atoms with E-state index in [2.05, 4.69) is 5.32 Å². The van der Waals surface area contributed by atoms with Gasteiger partial charge in [0.25, 0.3) is 5.91 Å². The Bertz CT molecular complexity index is 1590. The zero-order chi connectivity index (χ0) is 29.6. The summed E-state index contributed by atoms with van der Waals surface area (Å²) in [5, 5.41) is 21.1. The first-order valence-corrected chi connectivity index (χ1v) is 13.5. The van der Waals surface area contributed by atoms with E-state index in [0.29, 0.717) is 34.9 Å². The van der Waals surface area contributed by atoms with Crippen LogP contribution < -0.4 is 20.5 Å². The zero-order valence-corrected chi connectivity index (χ0v) is 23.1. The van der Waals surface area contributed by atoms with Crippen LogP contribution in [-0.4, -0.2) is 40.9 Å². The fourth-order valence-corrected chi connectivity index (χ4v) is 5.06. The number of amides is 1.